The van der Waals surface area contributed by atoms with Crippen molar-refractivity contribution in [1.29, 1.82) is 0 Å². The molecule has 0 aliphatic carbocycles. The van der Waals surface area contributed by atoms with Crippen molar-refractivity contribution >= 4 is 27.9 Å². The number of aliphatic carboxylic acids is 1. The topological polar surface area (TPSA) is 82.0 Å². The Hall–Kier alpha value is -4.13. The van der Waals surface area contributed by atoms with Crippen LogP contribution in [0.4, 0.5) is 0 Å². The van der Waals surface area contributed by atoms with Gasteiger partial charge in [0, 0.05) is 29.8 Å². The van der Waals surface area contributed by atoms with Crippen LogP contribution >= 0.6 is 0 Å². The first kappa shape index (κ1) is 21.7. The lowest BCUT2D eigenvalue weighted by Crippen LogP contribution is -2.29. The first-order valence-electron chi connectivity index (χ1n) is 11.2. The van der Waals surface area contributed by atoms with Crippen LogP contribution in [0.1, 0.15) is 34.8 Å². The SMILES string of the molecule is Cc1cc2c(cn1)n(Cc1cn(C)c3cccc(C)c13)c(=O)n2[C@H](CC(=O)O)c1ccccc1. The Morgan fingerprint density at radius 3 is 2.53 bits per heavy atom. The van der Waals surface area contributed by atoms with Crippen molar-refractivity contribution in [3.63, 3.8) is 0 Å². The predicted octanol–water partition coefficient (Wildman–Crippen LogP) is 4.42. The van der Waals surface area contributed by atoms with Gasteiger partial charge in [0.05, 0.1) is 36.2 Å². The summed E-state index contributed by atoms with van der Waals surface area (Å²) >= 11 is 0. The third kappa shape index (κ3) is 3.59. The minimum atomic E-state index is -0.961. The Kier molecular flexibility index (Phi) is 5.32. The number of benzene rings is 2. The van der Waals surface area contributed by atoms with Gasteiger partial charge in [0.25, 0.3) is 0 Å². The molecule has 172 valence electrons. The van der Waals surface area contributed by atoms with E-state index in [-0.39, 0.29) is 12.1 Å². The van der Waals surface area contributed by atoms with E-state index < -0.39 is 12.0 Å². The predicted molar refractivity (Wildman–Crippen MR) is 132 cm³/mol. The molecule has 0 amide bonds. The molecule has 0 aliphatic heterocycles. The fourth-order valence-corrected chi connectivity index (χ4v) is 4.95. The summed E-state index contributed by atoms with van der Waals surface area (Å²) in [6, 6.07) is 16.7. The van der Waals surface area contributed by atoms with Crippen LogP contribution in [-0.4, -0.2) is 29.8 Å². The van der Waals surface area contributed by atoms with E-state index in [9.17, 15) is 14.7 Å². The highest BCUT2D eigenvalue weighted by atomic mass is 16.4. The van der Waals surface area contributed by atoms with Crippen LogP contribution < -0.4 is 5.69 Å². The molecule has 0 fully saturated rings. The number of aromatic nitrogens is 4. The van der Waals surface area contributed by atoms with Crippen molar-refractivity contribution in [3.8, 4) is 0 Å². The lowest BCUT2D eigenvalue weighted by molar-refractivity contribution is -0.137. The number of imidazole rings is 1. The highest BCUT2D eigenvalue weighted by Gasteiger charge is 2.25. The molecular formula is C27H26N4O3. The second-order valence-electron chi connectivity index (χ2n) is 8.81. The van der Waals surface area contributed by atoms with Gasteiger partial charge >= 0.3 is 11.7 Å². The summed E-state index contributed by atoms with van der Waals surface area (Å²) < 4.78 is 5.40. The van der Waals surface area contributed by atoms with Crippen molar-refractivity contribution in [2.24, 2.45) is 7.05 Å². The number of nitrogens with zero attached hydrogens (tertiary/aromatic N) is 4. The summed E-state index contributed by atoms with van der Waals surface area (Å²) in [5, 5.41) is 10.8. The zero-order valence-corrected chi connectivity index (χ0v) is 19.4. The van der Waals surface area contributed by atoms with Gasteiger partial charge in [-0.25, -0.2) is 4.79 Å². The number of fused-ring (bicyclic) bond motifs is 2. The van der Waals surface area contributed by atoms with E-state index in [1.54, 1.807) is 15.3 Å². The van der Waals surface area contributed by atoms with Crippen molar-refractivity contribution in [2.45, 2.75) is 32.9 Å². The maximum absolute atomic E-state index is 13.9. The Morgan fingerprint density at radius 1 is 1.03 bits per heavy atom. The second kappa shape index (κ2) is 8.33. The first-order valence-corrected chi connectivity index (χ1v) is 11.2. The molecule has 2 aromatic carbocycles. The molecule has 3 aromatic heterocycles. The number of pyridine rings is 1. The molecule has 34 heavy (non-hydrogen) atoms. The van der Waals surface area contributed by atoms with Crippen LogP contribution in [0.3, 0.4) is 0 Å². The van der Waals surface area contributed by atoms with Gasteiger partial charge in [-0.05, 0) is 42.7 Å². The fourth-order valence-electron chi connectivity index (χ4n) is 4.95. The summed E-state index contributed by atoms with van der Waals surface area (Å²) in [6.07, 6.45) is 3.57. The Bertz CT molecular complexity index is 1590. The maximum Gasteiger partial charge on any atom is 0.330 e. The normalized spacial score (nSPS) is 12.4. The average Bonchev–Trinajstić information content (AvgIpc) is 3.27. The first-order chi connectivity index (χ1) is 16.3. The number of rotatable bonds is 6. The quantitative estimate of drug-likeness (QED) is 0.412. The highest BCUT2D eigenvalue weighted by molar-refractivity contribution is 5.87. The zero-order chi connectivity index (χ0) is 24.0. The summed E-state index contributed by atoms with van der Waals surface area (Å²) in [5.41, 5.74) is 5.95. The Labute approximate surface area is 196 Å². The van der Waals surface area contributed by atoms with Crippen LogP contribution in [0.2, 0.25) is 0 Å². The molecule has 0 spiro atoms. The minimum absolute atomic E-state index is 0.197. The van der Waals surface area contributed by atoms with Crippen molar-refractivity contribution in [1.82, 2.24) is 18.7 Å². The lowest BCUT2D eigenvalue weighted by atomic mass is 10.0. The second-order valence-corrected chi connectivity index (χ2v) is 8.81. The highest BCUT2D eigenvalue weighted by Crippen LogP contribution is 2.28. The number of carboxylic acids is 1. The van der Waals surface area contributed by atoms with Gasteiger partial charge in [0.15, 0.2) is 0 Å². The lowest BCUT2D eigenvalue weighted by Gasteiger charge is -2.17. The van der Waals surface area contributed by atoms with Crippen molar-refractivity contribution in [2.75, 3.05) is 0 Å². The van der Waals surface area contributed by atoms with Crippen LogP contribution in [0.25, 0.3) is 21.9 Å². The van der Waals surface area contributed by atoms with E-state index >= 15 is 0 Å². The van der Waals surface area contributed by atoms with Crippen molar-refractivity contribution in [3.05, 3.63) is 99.9 Å². The van der Waals surface area contributed by atoms with E-state index in [0.717, 1.165) is 33.3 Å². The molecule has 0 saturated carbocycles. The molecule has 7 heteroatoms. The molecule has 1 atom stereocenters. The molecule has 5 aromatic rings. The Balaban J connectivity index is 1.75. The zero-order valence-electron chi connectivity index (χ0n) is 19.4. The summed E-state index contributed by atoms with van der Waals surface area (Å²) in [6.45, 7) is 4.30. The van der Waals surface area contributed by atoms with E-state index in [0.29, 0.717) is 17.6 Å². The van der Waals surface area contributed by atoms with Crippen LogP contribution in [0.15, 0.2) is 71.8 Å². The van der Waals surface area contributed by atoms with Crippen molar-refractivity contribution < 1.29 is 9.90 Å². The van der Waals surface area contributed by atoms with Crippen LogP contribution in [-0.2, 0) is 18.4 Å². The molecular weight excluding hydrogens is 428 g/mol. The maximum atomic E-state index is 13.9. The molecule has 3 heterocycles. The molecule has 7 nitrogen and oxygen atoms in total. The summed E-state index contributed by atoms with van der Waals surface area (Å²) in [5.74, 6) is -0.961. The van der Waals surface area contributed by atoms with Gasteiger partial charge in [0.2, 0.25) is 0 Å². The standard InChI is InChI=1S/C27H26N4O3/c1-17-8-7-11-21-26(17)20(15-29(21)3)16-30-24-14-28-18(2)12-23(24)31(27(30)34)22(13-25(32)33)19-9-5-4-6-10-19/h4-12,14-15,22H,13,16H2,1-3H3,(H,32,33)/t22-/m1/s1. The molecule has 0 saturated heterocycles. The monoisotopic (exact) mass is 454 g/mol. The largest absolute Gasteiger partial charge is 0.481 e. The number of hydrogen-bond donors (Lipinski definition) is 1. The minimum Gasteiger partial charge on any atom is -0.481 e. The third-order valence-electron chi connectivity index (χ3n) is 6.48. The number of aryl methyl sites for hydroxylation is 3. The van der Waals surface area contributed by atoms with Gasteiger partial charge in [-0.3, -0.25) is 18.9 Å². The fraction of sp³-hybridized carbons (Fsp3) is 0.222. The van der Waals surface area contributed by atoms with E-state index in [4.69, 9.17) is 0 Å². The summed E-state index contributed by atoms with van der Waals surface area (Å²) in [4.78, 5) is 30.2. The smallest absolute Gasteiger partial charge is 0.330 e. The summed E-state index contributed by atoms with van der Waals surface area (Å²) in [7, 11) is 2.00. The van der Waals surface area contributed by atoms with E-state index in [2.05, 4.69) is 34.8 Å². The molecule has 0 unspecified atom stereocenters. The molecule has 5 rings (SSSR count). The average molecular weight is 455 g/mol. The van der Waals surface area contributed by atoms with E-state index in [1.807, 2.05) is 56.4 Å². The van der Waals surface area contributed by atoms with Crippen LogP contribution in [0, 0.1) is 13.8 Å². The van der Waals surface area contributed by atoms with Gasteiger partial charge in [-0.2, -0.15) is 0 Å². The van der Waals surface area contributed by atoms with Gasteiger partial charge in [-0.15, -0.1) is 0 Å². The Morgan fingerprint density at radius 2 is 1.79 bits per heavy atom. The number of hydrogen-bond acceptors (Lipinski definition) is 3. The number of carboxylic acid groups (broad SMARTS) is 1. The van der Waals surface area contributed by atoms with Gasteiger partial charge in [-0.1, -0.05) is 42.5 Å². The van der Waals surface area contributed by atoms with E-state index in [1.165, 1.54) is 0 Å². The van der Waals surface area contributed by atoms with Gasteiger partial charge < -0.3 is 9.67 Å². The molecule has 0 aliphatic rings. The molecule has 1 N–H and O–H groups in total. The van der Waals surface area contributed by atoms with Crippen LogP contribution in [0.5, 0.6) is 0 Å². The third-order valence-corrected chi connectivity index (χ3v) is 6.48. The molecule has 0 radical (unpaired) electrons. The molecule has 0 bridgehead atoms. The number of carbonyl (C=O) groups is 1. The van der Waals surface area contributed by atoms with Gasteiger partial charge in [0.1, 0.15) is 0 Å².